The molecule has 54 valence electrons. The summed E-state index contributed by atoms with van der Waals surface area (Å²) in [5, 5.41) is 0. The average Bonchev–Trinajstić information content (AvgIpc) is 1.63. The highest BCUT2D eigenvalue weighted by molar-refractivity contribution is 7.53. The van der Waals surface area contributed by atoms with Gasteiger partial charge in [-0.05, 0) is 6.92 Å². The van der Waals surface area contributed by atoms with Crippen molar-refractivity contribution in [1.82, 2.24) is 0 Å². The predicted octanol–water partition coefficient (Wildman–Crippen LogP) is 3.65. The van der Waals surface area contributed by atoms with Gasteiger partial charge >= 0.3 is 16.9 Å². The van der Waals surface area contributed by atoms with Crippen LogP contribution in [0.5, 0.6) is 0 Å². The third-order valence-electron chi connectivity index (χ3n) is 0.374. The molecule has 1 atom stereocenters. The van der Waals surface area contributed by atoms with Gasteiger partial charge < -0.3 is 4.52 Å². The molecule has 0 fully saturated rings. The van der Waals surface area contributed by atoms with Crippen molar-refractivity contribution in [1.29, 1.82) is 0 Å². The smallest absolute Gasteiger partial charge is 0.311 e. The van der Waals surface area contributed by atoms with Crippen LogP contribution in [0.2, 0.25) is 0 Å². The highest BCUT2D eigenvalue weighted by Crippen LogP contribution is 2.48. The molecule has 0 N–H and O–H groups in total. The van der Waals surface area contributed by atoms with E-state index in [0.717, 1.165) is 0 Å². The van der Waals surface area contributed by atoms with Gasteiger partial charge in [0.2, 0.25) is 0 Å². The first-order valence-electron chi connectivity index (χ1n) is 2.09. The number of nitrogens with zero attached hydrogens (tertiary/aromatic N) is 1. The SMILES string of the molecule is CCOP(F)N=[P+](F)F. The monoisotopic (exact) mass is 178 g/mol. The van der Waals surface area contributed by atoms with Crippen molar-refractivity contribution >= 4 is 16.9 Å². The molecule has 0 saturated heterocycles. The van der Waals surface area contributed by atoms with Gasteiger partial charge in [0.1, 0.15) is 0 Å². The van der Waals surface area contributed by atoms with Gasteiger partial charge in [-0.1, -0.05) is 0 Å². The van der Waals surface area contributed by atoms with Crippen LogP contribution in [0.15, 0.2) is 4.52 Å². The Morgan fingerprint density at radius 3 is 2.56 bits per heavy atom. The van der Waals surface area contributed by atoms with Crippen molar-refractivity contribution in [2.24, 2.45) is 4.52 Å². The minimum Gasteiger partial charge on any atom is -0.311 e. The van der Waals surface area contributed by atoms with Gasteiger partial charge in [-0.3, -0.25) is 0 Å². The van der Waals surface area contributed by atoms with Crippen LogP contribution in [0, 0.1) is 0 Å². The summed E-state index contributed by atoms with van der Waals surface area (Å²) in [4.78, 5) is 0. The van der Waals surface area contributed by atoms with Crippen molar-refractivity contribution < 1.29 is 17.1 Å². The maximum absolute atomic E-state index is 11.9. The zero-order valence-corrected chi connectivity index (χ0v) is 6.38. The lowest BCUT2D eigenvalue weighted by molar-refractivity contribution is 0.356. The molecule has 1 unspecified atom stereocenters. The molecule has 7 heteroatoms. The molecule has 0 amide bonds. The largest absolute Gasteiger partial charge is 0.667 e. The highest BCUT2D eigenvalue weighted by Gasteiger charge is 2.18. The Kier molecular flexibility index (Phi) is 5.25. The van der Waals surface area contributed by atoms with Gasteiger partial charge in [0, 0.05) is 0 Å². The minimum atomic E-state index is -3.50. The van der Waals surface area contributed by atoms with Crippen LogP contribution in [-0.4, -0.2) is 6.61 Å². The van der Waals surface area contributed by atoms with E-state index in [1.165, 1.54) is 6.92 Å². The second kappa shape index (κ2) is 5.10. The number of halogens is 3. The molecule has 0 rings (SSSR count). The van der Waals surface area contributed by atoms with E-state index >= 15 is 0 Å². The molecule has 0 bridgehead atoms. The van der Waals surface area contributed by atoms with E-state index in [2.05, 4.69) is 9.04 Å². The summed E-state index contributed by atoms with van der Waals surface area (Å²) < 4.78 is 40.8. The van der Waals surface area contributed by atoms with E-state index in [0.29, 0.717) is 0 Å². The van der Waals surface area contributed by atoms with Crippen LogP contribution in [0.4, 0.5) is 12.6 Å². The molecule has 0 aliphatic heterocycles. The van der Waals surface area contributed by atoms with Gasteiger partial charge in [0.25, 0.3) is 0 Å². The van der Waals surface area contributed by atoms with Crippen LogP contribution in [0.25, 0.3) is 0 Å². The Hall–Kier alpha value is 0.280. The highest BCUT2D eigenvalue weighted by atomic mass is 31.2. The molecule has 0 aliphatic rings. The summed E-state index contributed by atoms with van der Waals surface area (Å²) >= 11 is 0. The van der Waals surface area contributed by atoms with E-state index in [1.807, 2.05) is 0 Å². The van der Waals surface area contributed by atoms with Gasteiger partial charge in [0.05, 0.1) is 19.5 Å². The van der Waals surface area contributed by atoms with E-state index in [9.17, 15) is 12.6 Å². The maximum Gasteiger partial charge on any atom is 0.667 e. The lowest BCUT2D eigenvalue weighted by Crippen LogP contribution is -1.73. The summed E-state index contributed by atoms with van der Waals surface area (Å²) in [5.74, 6) is 0. The van der Waals surface area contributed by atoms with Crippen LogP contribution in [0.3, 0.4) is 0 Å². The van der Waals surface area contributed by atoms with Crippen LogP contribution in [-0.2, 0) is 4.52 Å². The number of hydrogen-bond donors (Lipinski definition) is 0. The Morgan fingerprint density at radius 2 is 2.22 bits per heavy atom. The molecule has 2 nitrogen and oxygen atoms in total. The van der Waals surface area contributed by atoms with E-state index < -0.39 is 16.9 Å². The molecule has 0 saturated carbocycles. The molecule has 9 heavy (non-hydrogen) atoms. The summed E-state index contributed by atoms with van der Waals surface area (Å²) in [6.45, 7) is 1.60. The predicted molar refractivity (Wildman–Crippen MR) is 31.2 cm³/mol. The van der Waals surface area contributed by atoms with Crippen LogP contribution in [0.1, 0.15) is 6.92 Å². The molecule has 0 spiro atoms. The quantitative estimate of drug-likeness (QED) is 0.604. The average molecular weight is 178 g/mol. The molecular weight excluding hydrogens is 173 g/mol. The van der Waals surface area contributed by atoms with Crippen LogP contribution < -0.4 is 0 Å². The van der Waals surface area contributed by atoms with Crippen molar-refractivity contribution in [3.63, 3.8) is 0 Å². The number of rotatable bonds is 3. The Labute approximate surface area is 53.1 Å². The minimum absolute atomic E-state index is 0.0783. The van der Waals surface area contributed by atoms with Crippen molar-refractivity contribution in [3.8, 4) is 0 Å². The van der Waals surface area contributed by atoms with Gasteiger partial charge in [-0.2, -0.15) is 4.20 Å². The van der Waals surface area contributed by atoms with Gasteiger partial charge in [-0.25, -0.2) is 0 Å². The molecular formula is C2H5F3NOP2+. The second-order valence-electron chi connectivity index (χ2n) is 0.949. The molecule has 0 heterocycles. The van der Waals surface area contributed by atoms with Crippen molar-refractivity contribution in [2.45, 2.75) is 6.92 Å². The second-order valence-corrected chi connectivity index (χ2v) is 2.80. The third-order valence-corrected chi connectivity index (χ3v) is 1.95. The van der Waals surface area contributed by atoms with Crippen molar-refractivity contribution in [3.05, 3.63) is 0 Å². The van der Waals surface area contributed by atoms with E-state index in [1.54, 1.807) is 0 Å². The summed E-state index contributed by atoms with van der Waals surface area (Å²) in [5.41, 5.74) is 0. The Bertz CT molecular complexity index is 106. The van der Waals surface area contributed by atoms with E-state index in [4.69, 9.17) is 0 Å². The van der Waals surface area contributed by atoms with E-state index in [-0.39, 0.29) is 6.61 Å². The van der Waals surface area contributed by atoms with Crippen molar-refractivity contribution in [2.75, 3.05) is 6.61 Å². The molecule has 0 aromatic rings. The topological polar surface area (TPSA) is 21.6 Å². The summed E-state index contributed by atoms with van der Waals surface area (Å²) in [6, 6.07) is 0. The molecule has 0 aliphatic carbocycles. The van der Waals surface area contributed by atoms with Crippen LogP contribution >= 0.6 is 16.9 Å². The Morgan fingerprint density at radius 1 is 1.67 bits per heavy atom. The maximum atomic E-state index is 11.9. The zero-order chi connectivity index (χ0) is 7.28. The lowest BCUT2D eigenvalue weighted by atomic mass is 10.9. The fraction of sp³-hybridized carbons (Fsp3) is 1.00. The summed E-state index contributed by atoms with van der Waals surface area (Å²) in [7, 11) is -6.21. The van der Waals surface area contributed by atoms with Gasteiger partial charge in [0.15, 0.2) is 0 Å². The fourth-order valence-electron chi connectivity index (χ4n) is 0.186. The first-order valence-corrected chi connectivity index (χ1v) is 4.26. The lowest BCUT2D eigenvalue weighted by Gasteiger charge is -1.90. The first kappa shape index (κ1) is 9.28. The Balaban J connectivity index is 3.49. The summed E-state index contributed by atoms with van der Waals surface area (Å²) in [6.07, 6.45) is 0. The fourth-order valence-corrected chi connectivity index (χ4v) is 1.03. The zero-order valence-electron chi connectivity index (χ0n) is 4.59. The number of hydrogen-bond acceptors (Lipinski definition) is 2. The standard InChI is InChI=1S/C2H5F3NOP2/c1-2-7-9(5)6-8(3)4/h2H2,1H3/q+1. The molecule has 0 radical (unpaired) electrons. The molecule has 0 aromatic heterocycles. The normalized spacial score (nSPS) is 12.9. The first-order chi connectivity index (χ1) is 4.16. The third kappa shape index (κ3) is 6.16. The van der Waals surface area contributed by atoms with Gasteiger partial charge in [-0.15, -0.1) is 0 Å². The molecule has 0 aromatic carbocycles.